The normalized spacial score (nSPS) is 28.3. The van der Waals surface area contributed by atoms with Gasteiger partial charge >= 0.3 is 0 Å². The fourth-order valence-corrected chi connectivity index (χ4v) is 4.41. The lowest BCUT2D eigenvalue weighted by molar-refractivity contribution is -0.211. The van der Waals surface area contributed by atoms with Gasteiger partial charge in [-0.15, -0.1) is 0 Å². The first-order valence-corrected chi connectivity index (χ1v) is 10.4. The molecule has 0 bridgehead atoms. The van der Waals surface area contributed by atoms with Gasteiger partial charge < -0.3 is 20.1 Å². The van der Waals surface area contributed by atoms with Crippen molar-refractivity contribution >= 4 is 11.6 Å². The van der Waals surface area contributed by atoms with Crippen molar-refractivity contribution in [2.45, 2.75) is 44.3 Å². The van der Waals surface area contributed by atoms with Crippen LogP contribution in [0.25, 0.3) is 0 Å². The number of aliphatic hydroxyl groups is 3. The molecular formula is C23H27ClF2O4. The second-order valence-corrected chi connectivity index (χ2v) is 8.29. The fourth-order valence-electron chi connectivity index (χ4n) is 4.22. The van der Waals surface area contributed by atoms with Crippen LogP contribution in [0.5, 0.6) is 5.75 Å². The van der Waals surface area contributed by atoms with Crippen molar-refractivity contribution in [2.75, 3.05) is 13.2 Å². The van der Waals surface area contributed by atoms with E-state index in [2.05, 4.69) is 0 Å². The molecule has 0 amide bonds. The van der Waals surface area contributed by atoms with Crippen LogP contribution in [0, 0.1) is 11.8 Å². The smallest absolute Gasteiger partial charge is 0.264 e. The van der Waals surface area contributed by atoms with Gasteiger partial charge in [-0.2, -0.15) is 0 Å². The van der Waals surface area contributed by atoms with Gasteiger partial charge in [0.25, 0.3) is 5.92 Å². The molecule has 1 saturated carbocycles. The van der Waals surface area contributed by atoms with Crippen LogP contribution >= 0.6 is 11.6 Å². The molecule has 0 radical (unpaired) electrons. The number of alkyl halides is 2. The van der Waals surface area contributed by atoms with Gasteiger partial charge in [0.05, 0.1) is 37.3 Å². The third-order valence-corrected chi connectivity index (χ3v) is 6.36. The summed E-state index contributed by atoms with van der Waals surface area (Å²) in [5.74, 6) is -6.74. The minimum atomic E-state index is -3.48. The van der Waals surface area contributed by atoms with Gasteiger partial charge in [0, 0.05) is 10.9 Å². The standard InChI is InChI=1S/C23H27ClF2O4/c1-3-30-17-7-4-14(5-8-17)10-16-11-15(6-9-19(16)24)20-22(29)13(2)21(28)18(12-27)23(20,25)26/h4-9,11,13,18,20-22,27-29H,3,10,12H2,1-2H3/t13-,18+,20-,21-,22+/m0/s1. The quantitative estimate of drug-likeness (QED) is 0.634. The molecule has 1 aliphatic rings. The van der Waals surface area contributed by atoms with Crippen LogP contribution in [-0.4, -0.2) is 46.7 Å². The Kier molecular flexibility index (Phi) is 7.02. The van der Waals surface area contributed by atoms with Crippen LogP contribution in [0.1, 0.15) is 36.5 Å². The molecule has 5 atom stereocenters. The highest BCUT2D eigenvalue weighted by molar-refractivity contribution is 6.31. The maximum atomic E-state index is 15.1. The summed E-state index contributed by atoms with van der Waals surface area (Å²) in [6.07, 6.45) is -2.53. The number of halogens is 3. The topological polar surface area (TPSA) is 69.9 Å². The van der Waals surface area contributed by atoms with Crippen LogP contribution in [-0.2, 0) is 6.42 Å². The molecule has 0 aromatic heterocycles. The zero-order chi connectivity index (χ0) is 22.1. The number of rotatable bonds is 6. The predicted octanol–water partition coefficient (Wildman–Crippen LogP) is 4.03. The molecule has 0 spiro atoms. The Labute approximate surface area is 180 Å². The molecule has 2 aromatic rings. The zero-order valence-electron chi connectivity index (χ0n) is 16.9. The Morgan fingerprint density at radius 3 is 2.33 bits per heavy atom. The highest BCUT2D eigenvalue weighted by Gasteiger charge is 2.59. The van der Waals surface area contributed by atoms with E-state index >= 15 is 8.78 Å². The lowest BCUT2D eigenvalue weighted by Gasteiger charge is -2.46. The number of hydrogen-bond acceptors (Lipinski definition) is 4. The van der Waals surface area contributed by atoms with E-state index in [1.54, 1.807) is 12.1 Å². The Morgan fingerprint density at radius 1 is 1.07 bits per heavy atom. The summed E-state index contributed by atoms with van der Waals surface area (Å²) >= 11 is 6.33. The van der Waals surface area contributed by atoms with Crippen LogP contribution in [0.15, 0.2) is 42.5 Å². The Morgan fingerprint density at radius 2 is 1.73 bits per heavy atom. The van der Waals surface area contributed by atoms with Crippen molar-refractivity contribution in [1.82, 2.24) is 0 Å². The Balaban J connectivity index is 1.93. The van der Waals surface area contributed by atoms with Gasteiger partial charge in [-0.1, -0.05) is 42.8 Å². The van der Waals surface area contributed by atoms with E-state index in [4.69, 9.17) is 16.3 Å². The molecule has 1 aliphatic carbocycles. The monoisotopic (exact) mass is 440 g/mol. The van der Waals surface area contributed by atoms with E-state index < -0.39 is 42.5 Å². The fraction of sp³-hybridized carbons (Fsp3) is 0.478. The van der Waals surface area contributed by atoms with Crippen molar-refractivity contribution in [3.63, 3.8) is 0 Å². The van der Waals surface area contributed by atoms with Crippen LogP contribution in [0.2, 0.25) is 5.02 Å². The molecule has 0 unspecified atom stereocenters. The molecule has 0 heterocycles. The molecule has 164 valence electrons. The average Bonchev–Trinajstić information content (AvgIpc) is 2.70. The lowest BCUT2D eigenvalue weighted by Crippen LogP contribution is -2.58. The van der Waals surface area contributed by atoms with Gasteiger partial charge in [-0.05, 0) is 48.2 Å². The SMILES string of the molecule is CCOc1ccc(Cc2cc([C@H]3[C@H](O)[C@@H](C)[C@H](O)[C@@H](CO)C3(F)F)ccc2Cl)cc1. The lowest BCUT2D eigenvalue weighted by atomic mass is 9.67. The highest BCUT2D eigenvalue weighted by atomic mass is 35.5. The largest absolute Gasteiger partial charge is 0.494 e. The summed E-state index contributed by atoms with van der Waals surface area (Å²) in [5.41, 5.74) is 1.82. The van der Waals surface area contributed by atoms with Gasteiger partial charge in [0.2, 0.25) is 0 Å². The Bertz CT molecular complexity index is 859. The summed E-state index contributed by atoms with van der Waals surface area (Å²) in [6, 6.07) is 12.1. The molecule has 7 heteroatoms. The van der Waals surface area contributed by atoms with Crippen molar-refractivity contribution in [2.24, 2.45) is 11.8 Å². The van der Waals surface area contributed by atoms with E-state index in [0.717, 1.165) is 11.3 Å². The maximum Gasteiger partial charge on any atom is 0.264 e. The van der Waals surface area contributed by atoms with E-state index in [-0.39, 0.29) is 5.56 Å². The van der Waals surface area contributed by atoms with Gasteiger partial charge in [0.1, 0.15) is 5.75 Å². The summed E-state index contributed by atoms with van der Waals surface area (Å²) in [4.78, 5) is 0. The zero-order valence-corrected chi connectivity index (χ0v) is 17.7. The summed E-state index contributed by atoms with van der Waals surface area (Å²) in [5, 5.41) is 30.6. The minimum Gasteiger partial charge on any atom is -0.494 e. The third-order valence-electron chi connectivity index (χ3n) is 5.99. The molecule has 3 rings (SSSR count). The highest BCUT2D eigenvalue weighted by Crippen LogP contribution is 2.50. The summed E-state index contributed by atoms with van der Waals surface area (Å²) in [7, 11) is 0. The maximum absolute atomic E-state index is 15.1. The van der Waals surface area contributed by atoms with Crippen LogP contribution in [0.3, 0.4) is 0 Å². The van der Waals surface area contributed by atoms with Gasteiger partial charge in [-0.3, -0.25) is 0 Å². The van der Waals surface area contributed by atoms with Gasteiger partial charge in [-0.25, -0.2) is 8.78 Å². The number of ether oxygens (including phenoxy) is 1. The molecule has 0 saturated heterocycles. The van der Waals surface area contributed by atoms with Crippen molar-refractivity contribution in [3.8, 4) is 5.75 Å². The summed E-state index contributed by atoms with van der Waals surface area (Å²) < 4.78 is 35.7. The number of aliphatic hydroxyl groups excluding tert-OH is 3. The molecule has 2 aromatic carbocycles. The second-order valence-electron chi connectivity index (χ2n) is 7.89. The molecule has 4 nitrogen and oxygen atoms in total. The van der Waals surface area contributed by atoms with Crippen molar-refractivity contribution in [1.29, 1.82) is 0 Å². The van der Waals surface area contributed by atoms with E-state index in [1.807, 2.05) is 31.2 Å². The molecule has 30 heavy (non-hydrogen) atoms. The minimum absolute atomic E-state index is 0.232. The first kappa shape index (κ1) is 22.9. The number of benzene rings is 2. The van der Waals surface area contributed by atoms with Crippen molar-refractivity contribution < 1.29 is 28.8 Å². The van der Waals surface area contributed by atoms with Crippen LogP contribution < -0.4 is 4.74 Å². The second kappa shape index (κ2) is 9.18. The van der Waals surface area contributed by atoms with Crippen molar-refractivity contribution in [3.05, 3.63) is 64.2 Å². The van der Waals surface area contributed by atoms with E-state index in [0.29, 0.717) is 23.6 Å². The predicted molar refractivity (Wildman–Crippen MR) is 111 cm³/mol. The first-order chi connectivity index (χ1) is 14.2. The Hall–Kier alpha value is -1.73. The molecule has 0 aliphatic heterocycles. The molecule has 3 N–H and O–H groups in total. The van der Waals surface area contributed by atoms with Crippen LogP contribution in [0.4, 0.5) is 8.78 Å². The molecule has 1 fully saturated rings. The summed E-state index contributed by atoms with van der Waals surface area (Å²) in [6.45, 7) is 3.11. The average molecular weight is 441 g/mol. The first-order valence-electron chi connectivity index (χ1n) is 10.1. The van der Waals surface area contributed by atoms with E-state index in [1.165, 1.54) is 13.0 Å². The van der Waals surface area contributed by atoms with E-state index in [9.17, 15) is 15.3 Å². The number of hydrogen-bond donors (Lipinski definition) is 3. The molecular weight excluding hydrogens is 414 g/mol. The third kappa shape index (κ3) is 4.33. The van der Waals surface area contributed by atoms with Gasteiger partial charge in [0.15, 0.2) is 0 Å².